The number of hydrogen-bond acceptors (Lipinski definition) is 3. The van der Waals surface area contributed by atoms with Crippen molar-refractivity contribution in [2.75, 3.05) is 26.8 Å². The van der Waals surface area contributed by atoms with E-state index in [2.05, 4.69) is 24.1 Å². The van der Waals surface area contributed by atoms with Gasteiger partial charge in [0, 0.05) is 38.3 Å². The minimum atomic E-state index is 0.565. The molecule has 0 radical (unpaired) electrons. The van der Waals surface area contributed by atoms with Gasteiger partial charge >= 0.3 is 0 Å². The summed E-state index contributed by atoms with van der Waals surface area (Å²) in [5.74, 6) is 0.746. The van der Waals surface area contributed by atoms with Gasteiger partial charge in [-0.15, -0.1) is 0 Å². The molecular formula is C14H28N2O. The van der Waals surface area contributed by atoms with Crippen LogP contribution in [0.4, 0.5) is 0 Å². The van der Waals surface area contributed by atoms with E-state index in [0.29, 0.717) is 6.04 Å². The van der Waals surface area contributed by atoms with E-state index in [1.807, 2.05) is 7.11 Å². The van der Waals surface area contributed by atoms with Crippen molar-refractivity contribution in [2.45, 2.75) is 57.7 Å². The standard InChI is InChI=1S/C14H28N2O/c1-11(2)9-16(13-6-7-13)14(10-17-3)8-15-12-4-5-12/h11-15H,4-10H2,1-3H3. The molecule has 3 nitrogen and oxygen atoms in total. The van der Waals surface area contributed by atoms with Crippen LogP contribution in [-0.2, 0) is 4.74 Å². The number of hydrogen-bond donors (Lipinski definition) is 1. The normalized spacial score (nSPS) is 22.4. The molecule has 100 valence electrons. The SMILES string of the molecule is COCC(CNC1CC1)N(CC(C)C)C1CC1. The first-order valence-corrected chi connectivity index (χ1v) is 7.18. The van der Waals surface area contributed by atoms with Gasteiger partial charge < -0.3 is 10.1 Å². The molecule has 0 aromatic rings. The Balaban J connectivity index is 1.84. The Morgan fingerprint density at radius 2 is 1.94 bits per heavy atom. The third kappa shape index (κ3) is 4.57. The number of ether oxygens (including phenoxy) is 1. The van der Waals surface area contributed by atoms with E-state index in [0.717, 1.165) is 31.2 Å². The van der Waals surface area contributed by atoms with Crippen molar-refractivity contribution in [3.05, 3.63) is 0 Å². The zero-order chi connectivity index (χ0) is 12.3. The van der Waals surface area contributed by atoms with Crippen molar-refractivity contribution in [2.24, 2.45) is 5.92 Å². The first kappa shape index (κ1) is 13.3. The summed E-state index contributed by atoms with van der Waals surface area (Å²) in [6, 6.07) is 2.20. The minimum absolute atomic E-state index is 0.565. The molecule has 17 heavy (non-hydrogen) atoms. The third-order valence-electron chi connectivity index (χ3n) is 3.64. The van der Waals surface area contributed by atoms with Crippen LogP contribution < -0.4 is 5.32 Å². The van der Waals surface area contributed by atoms with E-state index >= 15 is 0 Å². The highest BCUT2D eigenvalue weighted by Gasteiger charge is 2.34. The summed E-state index contributed by atoms with van der Waals surface area (Å²) >= 11 is 0. The van der Waals surface area contributed by atoms with Gasteiger partial charge in [-0.1, -0.05) is 13.8 Å². The number of nitrogens with zero attached hydrogens (tertiary/aromatic N) is 1. The van der Waals surface area contributed by atoms with E-state index in [1.54, 1.807) is 0 Å². The van der Waals surface area contributed by atoms with Gasteiger partial charge in [-0.25, -0.2) is 0 Å². The van der Waals surface area contributed by atoms with Gasteiger partial charge in [0.1, 0.15) is 0 Å². The van der Waals surface area contributed by atoms with Crippen LogP contribution in [0.25, 0.3) is 0 Å². The molecule has 2 fully saturated rings. The summed E-state index contributed by atoms with van der Waals surface area (Å²) < 4.78 is 5.42. The Hall–Kier alpha value is -0.120. The zero-order valence-corrected chi connectivity index (χ0v) is 11.6. The van der Waals surface area contributed by atoms with Crippen LogP contribution in [0.15, 0.2) is 0 Å². The van der Waals surface area contributed by atoms with Gasteiger partial charge in [-0.05, 0) is 31.6 Å². The second kappa shape index (κ2) is 6.17. The van der Waals surface area contributed by atoms with Gasteiger partial charge in [0.15, 0.2) is 0 Å². The van der Waals surface area contributed by atoms with Crippen LogP contribution in [0, 0.1) is 5.92 Å². The predicted octanol–water partition coefficient (Wildman–Crippen LogP) is 1.87. The smallest absolute Gasteiger partial charge is 0.0630 e. The van der Waals surface area contributed by atoms with E-state index in [9.17, 15) is 0 Å². The van der Waals surface area contributed by atoms with Gasteiger partial charge in [0.2, 0.25) is 0 Å². The molecule has 2 saturated carbocycles. The largest absolute Gasteiger partial charge is 0.383 e. The highest BCUT2D eigenvalue weighted by atomic mass is 16.5. The maximum atomic E-state index is 5.42. The molecular weight excluding hydrogens is 212 g/mol. The van der Waals surface area contributed by atoms with Crippen molar-refractivity contribution >= 4 is 0 Å². The quantitative estimate of drug-likeness (QED) is 0.666. The molecule has 0 bridgehead atoms. The van der Waals surface area contributed by atoms with E-state index in [4.69, 9.17) is 4.74 Å². The van der Waals surface area contributed by atoms with Gasteiger partial charge in [0.25, 0.3) is 0 Å². The molecule has 2 aliphatic carbocycles. The van der Waals surface area contributed by atoms with Gasteiger partial charge in [-0.2, -0.15) is 0 Å². The van der Waals surface area contributed by atoms with Gasteiger partial charge in [-0.3, -0.25) is 4.90 Å². The van der Waals surface area contributed by atoms with Crippen LogP contribution in [0.1, 0.15) is 39.5 Å². The van der Waals surface area contributed by atoms with Crippen LogP contribution in [0.5, 0.6) is 0 Å². The van der Waals surface area contributed by atoms with Crippen molar-refractivity contribution in [3.63, 3.8) is 0 Å². The molecule has 0 aliphatic heterocycles. The highest BCUT2D eigenvalue weighted by molar-refractivity contribution is 4.91. The summed E-state index contributed by atoms with van der Waals surface area (Å²) in [6.45, 7) is 7.80. The lowest BCUT2D eigenvalue weighted by Crippen LogP contribution is -2.48. The summed E-state index contributed by atoms with van der Waals surface area (Å²) in [4.78, 5) is 2.68. The molecule has 0 heterocycles. The molecule has 0 amide bonds. The molecule has 1 N–H and O–H groups in total. The number of methoxy groups -OCH3 is 1. The molecule has 0 aromatic carbocycles. The van der Waals surface area contributed by atoms with Crippen molar-refractivity contribution in [3.8, 4) is 0 Å². The monoisotopic (exact) mass is 240 g/mol. The van der Waals surface area contributed by atoms with Gasteiger partial charge in [0.05, 0.1) is 6.61 Å². The lowest BCUT2D eigenvalue weighted by atomic mass is 10.1. The molecule has 0 spiro atoms. The van der Waals surface area contributed by atoms with Crippen molar-refractivity contribution in [1.29, 1.82) is 0 Å². The summed E-state index contributed by atoms with van der Waals surface area (Å²) in [6.07, 6.45) is 5.51. The average Bonchev–Trinajstić information content (AvgIpc) is 3.15. The van der Waals surface area contributed by atoms with E-state index in [1.165, 1.54) is 32.2 Å². The van der Waals surface area contributed by atoms with Crippen LogP contribution in [0.2, 0.25) is 0 Å². The van der Waals surface area contributed by atoms with Crippen LogP contribution in [0.3, 0.4) is 0 Å². The molecule has 2 aliphatic rings. The van der Waals surface area contributed by atoms with Crippen LogP contribution in [-0.4, -0.2) is 49.8 Å². The lowest BCUT2D eigenvalue weighted by Gasteiger charge is -2.33. The maximum absolute atomic E-state index is 5.42. The fraction of sp³-hybridized carbons (Fsp3) is 1.00. The Labute approximate surface area is 106 Å². The summed E-state index contributed by atoms with van der Waals surface area (Å²) in [5.41, 5.74) is 0. The Morgan fingerprint density at radius 3 is 2.41 bits per heavy atom. The molecule has 0 aromatic heterocycles. The summed E-state index contributed by atoms with van der Waals surface area (Å²) in [7, 11) is 1.82. The van der Waals surface area contributed by atoms with E-state index in [-0.39, 0.29) is 0 Å². The topological polar surface area (TPSA) is 24.5 Å². The average molecular weight is 240 g/mol. The maximum Gasteiger partial charge on any atom is 0.0630 e. The number of rotatable bonds is 9. The molecule has 1 unspecified atom stereocenters. The Morgan fingerprint density at radius 1 is 1.24 bits per heavy atom. The summed E-state index contributed by atoms with van der Waals surface area (Å²) in [5, 5.41) is 3.66. The Kier molecular flexibility index (Phi) is 4.83. The third-order valence-corrected chi connectivity index (χ3v) is 3.64. The lowest BCUT2D eigenvalue weighted by molar-refractivity contribution is 0.0757. The van der Waals surface area contributed by atoms with E-state index < -0.39 is 0 Å². The number of nitrogens with one attached hydrogen (secondary N) is 1. The molecule has 1 atom stereocenters. The second-order valence-electron chi connectivity index (χ2n) is 6.11. The van der Waals surface area contributed by atoms with Crippen molar-refractivity contribution in [1.82, 2.24) is 10.2 Å². The Bertz CT molecular complexity index is 224. The van der Waals surface area contributed by atoms with Crippen molar-refractivity contribution < 1.29 is 4.74 Å². The molecule has 0 saturated heterocycles. The molecule has 2 rings (SSSR count). The first-order chi connectivity index (χ1) is 8.20. The first-order valence-electron chi connectivity index (χ1n) is 7.18. The highest BCUT2D eigenvalue weighted by Crippen LogP contribution is 2.29. The fourth-order valence-corrected chi connectivity index (χ4v) is 2.48. The predicted molar refractivity (Wildman–Crippen MR) is 71.3 cm³/mol. The fourth-order valence-electron chi connectivity index (χ4n) is 2.48. The second-order valence-corrected chi connectivity index (χ2v) is 6.11. The van der Waals surface area contributed by atoms with Crippen LogP contribution >= 0.6 is 0 Å². The zero-order valence-electron chi connectivity index (χ0n) is 11.6. The molecule has 3 heteroatoms. The minimum Gasteiger partial charge on any atom is -0.383 e.